The molecular formula is C8H8N4OS. The van der Waals surface area contributed by atoms with Gasteiger partial charge in [0.2, 0.25) is 0 Å². The highest BCUT2D eigenvalue weighted by atomic mass is 32.2. The lowest BCUT2D eigenvalue weighted by Gasteiger charge is -2.02. The second-order valence-electron chi connectivity index (χ2n) is 2.40. The Morgan fingerprint density at radius 1 is 1.64 bits per heavy atom. The molecule has 0 spiro atoms. The fourth-order valence-electron chi connectivity index (χ4n) is 0.782. The molecule has 1 atom stereocenters. The van der Waals surface area contributed by atoms with Crippen molar-refractivity contribution in [2.45, 2.75) is 10.9 Å². The van der Waals surface area contributed by atoms with Crippen LogP contribution in [0.2, 0.25) is 0 Å². The quantitative estimate of drug-likeness (QED) is 0.244. The van der Waals surface area contributed by atoms with Gasteiger partial charge in [-0.3, -0.25) is 4.98 Å². The summed E-state index contributed by atoms with van der Waals surface area (Å²) >= 11 is 1.46. The Balaban J connectivity index is 2.47. The molecule has 0 saturated heterocycles. The summed E-state index contributed by atoms with van der Waals surface area (Å²) in [5, 5.41) is 3.33. The van der Waals surface area contributed by atoms with Gasteiger partial charge in [-0.1, -0.05) is 5.11 Å². The average molecular weight is 208 g/mol. The molecule has 5 nitrogen and oxygen atoms in total. The number of azide groups is 1. The molecule has 0 fully saturated rings. The Bertz CT molecular complexity index is 336. The lowest BCUT2D eigenvalue weighted by Crippen LogP contribution is -2.07. The third kappa shape index (κ3) is 3.47. The molecule has 0 saturated carbocycles. The Morgan fingerprint density at radius 3 is 2.93 bits per heavy atom. The number of pyridine rings is 1. The van der Waals surface area contributed by atoms with E-state index in [9.17, 15) is 4.79 Å². The van der Waals surface area contributed by atoms with Crippen LogP contribution in [0.25, 0.3) is 10.4 Å². The summed E-state index contributed by atoms with van der Waals surface area (Å²) in [6.07, 6.45) is 3.99. The molecule has 0 bridgehead atoms. The van der Waals surface area contributed by atoms with E-state index in [0.717, 1.165) is 4.90 Å². The maximum absolute atomic E-state index is 10.4. The van der Waals surface area contributed by atoms with Gasteiger partial charge < -0.3 is 4.79 Å². The molecule has 1 heterocycles. The summed E-state index contributed by atoms with van der Waals surface area (Å²) in [7, 11) is 0. The molecule has 0 radical (unpaired) electrons. The molecule has 0 aliphatic heterocycles. The van der Waals surface area contributed by atoms with Gasteiger partial charge in [0.25, 0.3) is 0 Å². The van der Waals surface area contributed by atoms with Gasteiger partial charge in [-0.15, -0.1) is 11.8 Å². The van der Waals surface area contributed by atoms with E-state index in [4.69, 9.17) is 5.53 Å². The normalized spacial score (nSPS) is 11.4. The third-order valence-electron chi connectivity index (χ3n) is 1.43. The topological polar surface area (TPSA) is 78.7 Å². The molecule has 1 rings (SSSR count). The van der Waals surface area contributed by atoms with Crippen LogP contribution in [-0.4, -0.2) is 23.1 Å². The zero-order valence-corrected chi connectivity index (χ0v) is 8.09. The predicted molar refractivity (Wildman–Crippen MR) is 54.0 cm³/mol. The number of hydrogen-bond acceptors (Lipinski definition) is 4. The largest absolute Gasteiger partial charge is 0.303 e. The van der Waals surface area contributed by atoms with Gasteiger partial charge in [-0.25, -0.2) is 0 Å². The lowest BCUT2D eigenvalue weighted by molar-refractivity contribution is -0.108. The SMILES string of the molecule is [N-]=[N+]=NC(C=O)CSc1ccncc1. The van der Waals surface area contributed by atoms with E-state index in [1.165, 1.54) is 11.8 Å². The molecule has 72 valence electrons. The molecule has 0 amide bonds. The Hall–Kier alpha value is -1.52. The van der Waals surface area contributed by atoms with E-state index < -0.39 is 6.04 Å². The van der Waals surface area contributed by atoms with Gasteiger partial charge in [0.05, 0.1) is 0 Å². The molecule has 0 N–H and O–H groups in total. The first-order chi connectivity index (χ1) is 6.86. The monoisotopic (exact) mass is 208 g/mol. The summed E-state index contributed by atoms with van der Waals surface area (Å²) < 4.78 is 0. The molecule has 1 unspecified atom stereocenters. The van der Waals surface area contributed by atoms with E-state index in [-0.39, 0.29) is 0 Å². The van der Waals surface area contributed by atoms with Crippen LogP contribution in [0.4, 0.5) is 0 Å². The molecular weight excluding hydrogens is 200 g/mol. The van der Waals surface area contributed by atoms with Gasteiger partial charge in [-0.05, 0) is 17.7 Å². The van der Waals surface area contributed by atoms with Gasteiger partial charge in [0, 0.05) is 28.0 Å². The number of nitrogens with zero attached hydrogens (tertiary/aromatic N) is 4. The molecule has 6 heteroatoms. The van der Waals surface area contributed by atoms with Crippen molar-refractivity contribution in [2.24, 2.45) is 5.11 Å². The molecule has 14 heavy (non-hydrogen) atoms. The van der Waals surface area contributed by atoms with Crippen LogP contribution in [0.15, 0.2) is 34.5 Å². The van der Waals surface area contributed by atoms with Crippen LogP contribution in [0.3, 0.4) is 0 Å². The van der Waals surface area contributed by atoms with Crippen LogP contribution in [-0.2, 0) is 4.79 Å². The van der Waals surface area contributed by atoms with Gasteiger partial charge in [0.15, 0.2) is 0 Å². The number of carbonyl (C=O) groups excluding carboxylic acids is 1. The van der Waals surface area contributed by atoms with Crippen molar-refractivity contribution < 1.29 is 4.79 Å². The Morgan fingerprint density at radius 2 is 2.36 bits per heavy atom. The fourth-order valence-corrected chi connectivity index (χ4v) is 1.60. The summed E-state index contributed by atoms with van der Waals surface area (Å²) in [5.74, 6) is 0.456. The average Bonchev–Trinajstić information content (AvgIpc) is 2.25. The lowest BCUT2D eigenvalue weighted by atomic mass is 10.4. The number of rotatable bonds is 5. The van der Waals surface area contributed by atoms with Crippen molar-refractivity contribution in [3.8, 4) is 0 Å². The highest BCUT2D eigenvalue weighted by molar-refractivity contribution is 7.99. The first-order valence-electron chi connectivity index (χ1n) is 3.89. The first kappa shape index (κ1) is 10.6. The van der Waals surface area contributed by atoms with E-state index in [0.29, 0.717) is 12.0 Å². The molecule has 0 aliphatic carbocycles. The van der Waals surface area contributed by atoms with Crippen molar-refractivity contribution in [3.63, 3.8) is 0 Å². The minimum Gasteiger partial charge on any atom is -0.303 e. The van der Waals surface area contributed by atoms with Crippen molar-refractivity contribution in [1.82, 2.24) is 4.98 Å². The summed E-state index contributed by atoms with van der Waals surface area (Å²) in [4.78, 5) is 17.9. The van der Waals surface area contributed by atoms with Crippen LogP contribution in [0.5, 0.6) is 0 Å². The Labute approximate surface area is 85.2 Å². The van der Waals surface area contributed by atoms with Gasteiger partial charge in [0.1, 0.15) is 12.3 Å². The van der Waals surface area contributed by atoms with Gasteiger partial charge >= 0.3 is 0 Å². The van der Waals surface area contributed by atoms with Crippen LogP contribution >= 0.6 is 11.8 Å². The highest BCUT2D eigenvalue weighted by Crippen LogP contribution is 2.17. The van der Waals surface area contributed by atoms with Crippen molar-refractivity contribution >= 4 is 18.0 Å². The zero-order chi connectivity index (χ0) is 10.2. The number of hydrogen-bond donors (Lipinski definition) is 0. The smallest absolute Gasteiger partial charge is 0.129 e. The van der Waals surface area contributed by atoms with E-state index in [1.807, 2.05) is 12.1 Å². The van der Waals surface area contributed by atoms with E-state index in [1.54, 1.807) is 12.4 Å². The molecule has 1 aromatic heterocycles. The third-order valence-corrected chi connectivity index (χ3v) is 2.54. The van der Waals surface area contributed by atoms with Crippen LogP contribution in [0.1, 0.15) is 0 Å². The number of aromatic nitrogens is 1. The van der Waals surface area contributed by atoms with Crippen LogP contribution in [0, 0.1) is 0 Å². The van der Waals surface area contributed by atoms with Crippen LogP contribution < -0.4 is 0 Å². The van der Waals surface area contributed by atoms with E-state index >= 15 is 0 Å². The molecule has 0 aliphatic rings. The molecule has 1 aromatic rings. The highest BCUT2D eigenvalue weighted by Gasteiger charge is 2.04. The second-order valence-corrected chi connectivity index (χ2v) is 3.50. The van der Waals surface area contributed by atoms with Gasteiger partial charge in [-0.2, -0.15) is 0 Å². The summed E-state index contributed by atoms with van der Waals surface area (Å²) in [6, 6.07) is 3.07. The standard InChI is InChI=1S/C8H8N4OS/c9-12-11-7(5-13)6-14-8-1-3-10-4-2-8/h1-5,7H,6H2. The van der Waals surface area contributed by atoms with E-state index in [2.05, 4.69) is 15.0 Å². The first-order valence-corrected chi connectivity index (χ1v) is 4.87. The van der Waals surface area contributed by atoms with Crippen molar-refractivity contribution in [2.75, 3.05) is 5.75 Å². The fraction of sp³-hybridized carbons (Fsp3) is 0.250. The minimum absolute atomic E-state index is 0.456. The molecule has 0 aromatic carbocycles. The Kier molecular flexibility index (Phi) is 4.54. The summed E-state index contributed by atoms with van der Waals surface area (Å²) in [5.41, 5.74) is 8.15. The zero-order valence-electron chi connectivity index (χ0n) is 7.28. The maximum atomic E-state index is 10.4. The second kappa shape index (κ2) is 6.01. The number of aldehydes is 1. The number of carbonyl (C=O) groups is 1. The maximum Gasteiger partial charge on any atom is 0.129 e. The summed E-state index contributed by atoms with van der Waals surface area (Å²) in [6.45, 7) is 0. The van der Waals surface area contributed by atoms with Crippen molar-refractivity contribution in [3.05, 3.63) is 35.0 Å². The minimum atomic E-state index is -0.599. The number of thioether (sulfide) groups is 1. The predicted octanol–water partition coefficient (Wildman–Crippen LogP) is 2.05. The van der Waals surface area contributed by atoms with Crippen molar-refractivity contribution in [1.29, 1.82) is 0 Å².